The number of aliphatic hydroxyl groups excluding tert-OH is 1. The largest absolute Gasteiger partial charge is 0.394 e. The van der Waals surface area contributed by atoms with E-state index in [1.165, 1.54) is 0 Å². The van der Waals surface area contributed by atoms with Gasteiger partial charge in [-0.2, -0.15) is 0 Å². The van der Waals surface area contributed by atoms with Crippen LogP contribution in [0.1, 0.15) is 31.8 Å². The number of hydrogen-bond acceptors (Lipinski definition) is 5. The molecule has 1 aliphatic rings. The minimum atomic E-state index is -0.0880. The summed E-state index contributed by atoms with van der Waals surface area (Å²) in [5.41, 5.74) is 0.839. The van der Waals surface area contributed by atoms with Gasteiger partial charge in [0.1, 0.15) is 17.7 Å². The van der Waals surface area contributed by atoms with Gasteiger partial charge in [-0.25, -0.2) is 15.0 Å². The van der Waals surface area contributed by atoms with E-state index >= 15 is 0 Å². The molecule has 2 aromatic rings. The van der Waals surface area contributed by atoms with Crippen molar-refractivity contribution in [2.45, 2.75) is 38.5 Å². The summed E-state index contributed by atoms with van der Waals surface area (Å²) >= 11 is 0. The Morgan fingerprint density at radius 3 is 2.91 bits per heavy atom. The van der Waals surface area contributed by atoms with Gasteiger partial charge in [-0.3, -0.25) is 0 Å². The van der Waals surface area contributed by atoms with E-state index in [9.17, 15) is 5.11 Å². The van der Waals surface area contributed by atoms with Gasteiger partial charge < -0.3 is 19.3 Å². The van der Waals surface area contributed by atoms with Crippen LogP contribution in [0.3, 0.4) is 0 Å². The van der Waals surface area contributed by atoms with E-state index < -0.39 is 0 Å². The number of aliphatic hydroxyl groups is 1. The normalized spacial score (nSPS) is 21.6. The molecule has 1 fully saturated rings. The van der Waals surface area contributed by atoms with E-state index in [1.54, 1.807) is 6.34 Å². The summed E-state index contributed by atoms with van der Waals surface area (Å²) in [6.45, 7) is 2.09. The fourth-order valence-electron chi connectivity index (χ4n) is 2.75. The molecular weight excluding hydrogens is 294 g/mol. The Morgan fingerprint density at radius 2 is 2.26 bits per heavy atom. The van der Waals surface area contributed by atoms with Crippen LogP contribution in [0.4, 0.5) is 5.82 Å². The fourth-order valence-corrected chi connectivity index (χ4v) is 2.75. The van der Waals surface area contributed by atoms with Gasteiger partial charge in [0.25, 0.3) is 0 Å². The molecule has 2 atom stereocenters. The van der Waals surface area contributed by atoms with Crippen LogP contribution < -0.4 is 0 Å². The number of aryl methyl sites for hydroxylation is 1. The Hall–Kier alpha value is -1.99. The monoisotopic (exact) mass is 317 g/mol. The molecule has 1 saturated heterocycles. The molecule has 0 bridgehead atoms. The maximum absolute atomic E-state index is 9.26. The molecule has 3 rings (SSSR count). The van der Waals surface area contributed by atoms with Gasteiger partial charge >= 0.3 is 0 Å². The number of fused-ring (bicyclic) bond motifs is 1. The molecule has 124 valence electrons. The zero-order valence-electron chi connectivity index (χ0n) is 13.8. The molecule has 23 heavy (non-hydrogen) atoms. The smallest absolute Gasteiger partial charge is 0.166 e. The van der Waals surface area contributed by atoms with Gasteiger partial charge in [0.05, 0.1) is 24.4 Å². The Kier molecular flexibility index (Phi) is 4.58. The predicted octanol–water partition coefficient (Wildman–Crippen LogP) is 1.89. The highest BCUT2D eigenvalue weighted by atomic mass is 16.5. The number of aromatic nitrogens is 3. The molecule has 0 aliphatic carbocycles. The van der Waals surface area contributed by atoms with Crippen molar-refractivity contribution in [1.29, 1.82) is 0 Å². The summed E-state index contributed by atoms with van der Waals surface area (Å²) in [6, 6.07) is 1.98. The second-order valence-electron chi connectivity index (χ2n) is 5.96. The third-order valence-electron chi connectivity index (χ3n) is 3.92. The average Bonchev–Trinajstić information content (AvgIpc) is 3.18. The fraction of sp³-hybridized carbons (Fsp3) is 0.562. The van der Waals surface area contributed by atoms with Crippen LogP contribution >= 0.6 is 0 Å². The Bertz CT molecular complexity index is 710. The molecule has 2 aromatic heterocycles. The number of rotatable bonds is 5. The first-order chi connectivity index (χ1) is 11.1. The van der Waals surface area contributed by atoms with E-state index in [2.05, 4.69) is 15.0 Å². The van der Waals surface area contributed by atoms with E-state index in [0.717, 1.165) is 36.1 Å². The van der Waals surface area contributed by atoms with Crippen molar-refractivity contribution >= 4 is 23.2 Å². The molecular formula is C16H23N5O2. The lowest BCUT2D eigenvalue weighted by atomic mass is 10.2. The highest BCUT2D eigenvalue weighted by Gasteiger charge is 2.27. The van der Waals surface area contributed by atoms with E-state index in [-0.39, 0.29) is 18.9 Å². The number of aliphatic imine (C=N–C) groups is 1. The van der Waals surface area contributed by atoms with Crippen molar-refractivity contribution in [3.05, 3.63) is 18.1 Å². The molecule has 0 aromatic carbocycles. The first-order valence-corrected chi connectivity index (χ1v) is 7.96. The van der Waals surface area contributed by atoms with E-state index in [1.807, 2.05) is 42.7 Å². The summed E-state index contributed by atoms with van der Waals surface area (Å²) in [6.07, 6.45) is 6.02. The predicted molar refractivity (Wildman–Crippen MR) is 89.0 cm³/mol. The molecule has 0 radical (unpaired) electrons. The number of ether oxygens (including phenoxy) is 1. The van der Waals surface area contributed by atoms with Gasteiger partial charge in [-0.05, 0) is 18.9 Å². The minimum absolute atomic E-state index is 0.0588. The van der Waals surface area contributed by atoms with Gasteiger partial charge in [-0.1, -0.05) is 6.92 Å². The molecule has 0 saturated carbocycles. The lowest BCUT2D eigenvalue weighted by Gasteiger charge is -2.15. The summed E-state index contributed by atoms with van der Waals surface area (Å²) < 4.78 is 7.91. The van der Waals surface area contributed by atoms with Crippen molar-refractivity contribution in [2.24, 2.45) is 4.99 Å². The minimum Gasteiger partial charge on any atom is -0.394 e. The first-order valence-electron chi connectivity index (χ1n) is 7.96. The maximum Gasteiger partial charge on any atom is 0.166 e. The summed E-state index contributed by atoms with van der Waals surface area (Å²) in [5, 5.41) is 10.2. The van der Waals surface area contributed by atoms with Crippen LogP contribution in [0.25, 0.3) is 11.0 Å². The lowest BCUT2D eigenvalue weighted by Crippen LogP contribution is -2.14. The number of nitrogens with zero attached hydrogens (tertiary/aromatic N) is 5. The molecule has 7 heteroatoms. The molecule has 2 unspecified atom stereocenters. The molecule has 0 spiro atoms. The lowest BCUT2D eigenvalue weighted by molar-refractivity contribution is -0.0204. The molecule has 1 aliphatic heterocycles. The topological polar surface area (TPSA) is 75.8 Å². The SMILES string of the molecule is CCc1nc(N=CN(C)C)c2ccn(C3CCC(CO)O3)c2n1. The Morgan fingerprint density at radius 1 is 1.43 bits per heavy atom. The van der Waals surface area contributed by atoms with Crippen molar-refractivity contribution in [2.75, 3.05) is 20.7 Å². The number of hydrogen-bond donors (Lipinski definition) is 1. The molecule has 3 heterocycles. The molecule has 7 nitrogen and oxygen atoms in total. The van der Waals surface area contributed by atoms with Gasteiger partial charge in [0, 0.05) is 26.7 Å². The summed E-state index contributed by atoms with van der Waals surface area (Å²) in [5.74, 6) is 1.44. The van der Waals surface area contributed by atoms with Gasteiger partial charge in [-0.15, -0.1) is 0 Å². The zero-order valence-corrected chi connectivity index (χ0v) is 13.8. The van der Waals surface area contributed by atoms with Crippen molar-refractivity contribution < 1.29 is 9.84 Å². The van der Waals surface area contributed by atoms with Crippen LogP contribution in [-0.4, -0.2) is 57.7 Å². The van der Waals surface area contributed by atoms with Crippen molar-refractivity contribution in [3.8, 4) is 0 Å². The third kappa shape index (κ3) is 3.20. The molecule has 1 N–H and O–H groups in total. The standard InChI is InChI=1S/C16H23N5O2/c1-4-13-18-15(17-10-20(2)3)12-7-8-21(16(12)19-13)14-6-5-11(9-22)23-14/h7-8,10-11,14,22H,4-6,9H2,1-3H3. The molecule has 0 amide bonds. The van der Waals surface area contributed by atoms with Crippen LogP contribution in [0.2, 0.25) is 0 Å². The van der Waals surface area contributed by atoms with Crippen LogP contribution in [0, 0.1) is 0 Å². The van der Waals surface area contributed by atoms with Crippen LogP contribution in [0.5, 0.6) is 0 Å². The Balaban J connectivity index is 2.03. The van der Waals surface area contributed by atoms with Crippen LogP contribution in [-0.2, 0) is 11.2 Å². The third-order valence-corrected chi connectivity index (χ3v) is 3.92. The van der Waals surface area contributed by atoms with E-state index in [4.69, 9.17) is 4.74 Å². The van der Waals surface area contributed by atoms with Gasteiger partial charge in [0.2, 0.25) is 0 Å². The second kappa shape index (κ2) is 6.64. The zero-order chi connectivity index (χ0) is 16.4. The average molecular weight is 317 g/mol. The van der Waals surface area contributed by atoms with Crippen molar-refractivity contribution in [1.82, 2.24) is 19.4 Å². The van der Waals surface area contributed by atoms with Crippen LogP contribution in [0.15, 0.2) is 17.3 Å². The van der Waals surface area contributed by atoms with E-state index in [0.29, 0.717) is 5.82 Å². The maximum atomic E-state index is 9.26. The second-order valence-corrected chi connectivity index (χ2v) is 5.96. The van der Waals surface area contributed by atoms with Gasteiger partial charge in [0.15, 0.2) is 5.82 Å². The Labute approximate surface area is 135 Å². The summed E-state index contributed by atoms with van der Waals surface area (Å²) in [4.78, 5) is 15.5. The van der Waals surface area contributed by atoms with Crippen molar-refractivity contribution in [3.63, 3.8) is 0 Å². The first kappa shape index (κ1) is 15.9. The quantitative estimate of drug-likeness (QED) is 0.673. The highest BCUT2D eigenvalue weighted by molar-refractivity contribution is 5.87. The highest BCUT2D eigenvalue weighted by Crippen LogP contribution is 2.33. The summed E-state index contributed by atoms with van der Waals surface area (Å²) in [7, 11) is 3.85.